The molecule has 2 heterocycles. The largest absolute Gasteiger partial charge is 0.497 e. The third-order valence-corrected chi connectivity index (χ3v) is 6.21. The predicted octanol–water partition coefficient (Wildman–Crippen LogP) is 1.59. The van der Waals surface area contributed by atoms with Crippen LogP contribution in [0.5, 0.6) is 5.75 Å². The first-order valence-electron chi connectivity index (χ1n) is 8.07. The summed E-state index contributed by atoms with van der Waals surface area (Å²) in [5.74, 6) is 0.494. The molecule has 140 valence electrons. The Labute approximate surface area is 158 Å². The average molecular weight is 395 g/mol. The van der Waals surface area contributed by atoms with Gasteiger partial charge in [0.2, 0.25) is 14.9 Å². The Balaban J connectivity index is 2.02. The third-order valence-electron chi connectivity index (χ3n) is 4.39. The van der Waals surface area contributed by atoms with Crippen LogP contribution >= 0.6 is 0 Å². The topological polar surface area (TPSA) is 130 Å². The number of hydrogen-bond acceptors (Lipinski definition) is 7. The fourth-order valence-electron chi connectivity index (χ4n) is 3.02. The van der Waals surface area contributed by atoms with Gasteiger partial charge in [-0.15, -0.1) is 5.10 Å². The van der Waals surface area contributed by atoms with Crippen LogP contribution in [0.25, 0.3) is 16.6 Å². The molecule has 28 heavy (non-hydrogen) atoms. The van der Waals surface area contributed by atoms with Crippen molar-refractivity contribution >= 4 is 26.4 Å². The number of aromatic nitrogens is 4. The van der Waals surface area contributed by atoms with E-state index < -0.39 is 15.4 Å². The summed E-state index contributed by atoms with van der Waals surface area (Å²) in [7, 11) is -2.60. The number of fused-ring (bicyclic) bond motifs is 3. The standard InChI is InChI=1S/C18H13N5O4S/c1-10-7-11(9-19)3-6-15(10)28(25,26)18-16-20-17(24)13-5-4-12(27-2)8-14(13)23(16)22-21-18/h3-8,22H,1-2H3. The molecule has 4 aromatic rings. The van der Waals surface area contributed by atoms with E-state index in [1.54, 1.807) is 25.1 Å². The van der Waals surface area contributed by atoms with E-state index in [9.17, 15) is 13.2 Å². The minimum atomic E-state index is -4.08. The third kappa shape index (κ3) is 2.52. The molecule has 0 aliphatic heterocycles. The maximum Gasteiger partial charge on any atom is 0.281 e. The van der Waals surface area contributed by atoms with Gasteiger partial charge in [-0.2, -0.15) is 10.2 Å². The monoisotopic (exact) mass is 395 g/mol. The van der Waals surface area contributed by atoms with Crippen molar-refractivity contribution in [2.45, 2.75) is 16.8 Å². The molecule has 2 aromatic carbocycles. The number of H-pyrrole nitrogens is 1. The second-order valence-electron chi connectivity index (χ2n) is 6.07. The van der Waals surface area contributed by atoms with Gasteiger partial charge in [-0.05, 0) is 42.8 Å². The summed E-state index contributed by atoms with van der Waals surface area (Å²) in [5.41, 5.74) is 0.433. The van der Waals surface area contributed by atoms with Crippen molar-refractivity contribution in [1.29, 1.82) is 5.26 Å². The molecule has 0 bridgehead atoms. The van der Waals surface area contributed by atoms with Crippen LogP contribution in [0.2, 0.25) is 0 Å². The number of aromatic amines is 1. The molecular formula is C18H13N5O4S. The van der Waals surface area contributed by atoms with E-state index in [1.807, 2.05) is 6.07 Å². The van der Waals surface area contributed by atoms with Crippen LogP contribution in [0.4, 0.5) is 0 Å². The van der Waals surface area contributed by atoms with Crippen molar-refractivity contribution < 1.29 is 13.2 Å². The van der Waals surface area contributed by atoms with Gasteiger partial charge in [-0.25, -0.2) is 18.1 Å². The van der Waals surface area contributed by atoms with Crippen LogP contribution in [0.3, 0.4) is 0 Å². The van der Waals surface area contributed by atoms with Crippen LogP contribution in [-0.4, -0.2) is 35.3 Å². The van der Waals surface area contributed by atoms with Crippen LogP contribution in [0, 0.1) is 18.3 Å². The lowest BCUT2D eigenvalue weighted by atomic mass is 10.2. The van der Waals surface area contributed by atoms with Crippen molar-refractivity contribution in [2.75, 3.05) is 7.11 Å². The van der Waals surface area contributed by atoms with E-state index in [0.717, 1.165) is 0 Å². The number of nitrogens with one attached hydrogen (secondary N) is 1. The lowest BCUT2D eigenvalue weighted by Crippen LogP contribution is -2.12. The van der Waals surface area contributed by atoms with Crippen LogP contribution in [-0.2, 0) is 9.84 Å². The van der Waals surface area contributed by atoms with Gasteiger partial charge in [0.1, 0.15) is 5.75 Å². The molecule has 2 aromatic heterocycles. The zero-order valence-corrected chi connectivity index (χ0v) is 15.6. The number of hydrogen-bond donors (Lipinski definition) is 1. The van der Waals surface area contributed by atoms with Gasteiger partial charge in [0.15, 0.2) is 5.65 Å². The number of aryl methyl sites for hydroxylation is 1. The average Bonchev–Trinajstić information content (AvgIpc) is 3.12. The first-order valence-corrected chi connectivity index (χ1v) is 9.56. The van der Waals surface area contributed by atoms with E-state index in [1.165, 1.54) is 29.8 Å². The number of ether oxygens (including phenoxy) is 1. The Morgan fingerprint density at radius 2 is 2.00 bits per heavy atom. The van der Waals surface area contributed by atoms with Crippen LogP contribution in [0.1, 0.15) is 11.1 Å². The molecule has 0 saturated carbocycles. The molecule has 0 aliphatic rings. The Bertz CT molecular complexity index is 1460. The number of sulfone groups is 1. The second-order valence-corrected chi connectivity index (χ2v) is 7.90. The first kappa shape index (κ1) is 17.7. The summed E-state index contributed by atoms with van der Waals surface area (Å²) in [6, 6.07) is 11.0. The minimum Gasteiger partial charge on any atom is -0.497 e. The van der Waals surface area contributed by atoms with E-state index in [0.29, 0.717) is 27.8 Å². The maximum absolute atomic E-state index is 13.2. The predicted molar refractivity (Wildman–Crippen MR) is 99.0 cm³/mol. The molecule has 0 spiro atoms. The van der Waals surface area contributed by atoms with Gasteiger partial charge < -0.3 is 4.74 Å². The highest BCUT2D eigenvalue weighted by atomic mass is 32.2. The quantitative estimate of drug-likeness (QED) is 0.557. The van der Waals surface area contributed by atoms with Crippen LogP contribution < -0.4 is 10.3 Å². The lowest BCUT2D eigenvalue weighted by Gasteiger charge is -2.06. The second kappa shape index (κ2) is 6.17. The number of rotatable bonds is 3. The Kier molecular flexibility index (Phi) is 3.90. The van der Waals surface area contributed by atoms with Crippen molar-refractivity contribution in [3.8, 4) is 11.8 Å². The van der Waals surface area contributed by atoms with E-state index >= 15 is 0 Å². The Morgan fingerprint density at radius 1 is 1.21 bits per heavy atom. The molecule has 0 amide bonds. The van der Waals surface area contributed by atoms with Gasteiger partial charge in [-0.1, -0.05) is 0 Å². The highest BCUT2D eigenvalue weighted by Crippen LogP contribution is 2.27. The number of benzene rings is 2. The number of nitriles is 1. The summed E-state index contributed by atoms with van der Waals surface area (Å²) in [6.45, 7) is 1.59. The molecule has 0 atom stereocenters. The van der Waals surface area contributed by atoms with Crippen molar-refractivity contribution in [2.24, 2.45) is 0 Å². The van der Waals surface area contributed by atoms with E-state index in [-0.39, 0.29) is 15.6 Å². The fourth-order valence-corrected chi connectivity index (χ4v) is 4.50. The first-order chi connectivity index (χ1) is 13.4. The smallest absolute Gasteiger partial charge is 0.281 e. The Hall–Kier alpha value is -3.71. The normalized spacial score (nSPS) is 11.6. The van der Waals surface area contributed by atoms with Crippen molar-refractivity contribution in [1.82, 2.24) is 19.8 Å². The van der Waals surface area contributed by atoms with E-state index in [2.05, 4.69) is 15.3 Å². The highest BCUT2D eigenvalue weighted by Gasteiger charge is 2.28. The summed E-state index contributed by atoms with van der Waals surface area (Å²) >= 11 is 0. The minimum absolute atomic E-state index is 0.0134. The molecule has 0 fully saturated rings. The van der Waals surface area contributed by atoms with Gasteiger partial charge >= 0.3 is 0 Å². The molecular weight excluding hydrogens is 382 g/mol. The van der Waals surface area contributed by atoms with Gasteiger partial charge in [0.25, 0.3) is 5.56 Å². The molecule has 0 saturated heterocycles. The zero-order valence-electron chi connectivity index (χ0n) is 14.8. The SMILES string of the molecule is COc1ccc2c(=O)nc3c(S(=O)(=O)c4ccc(C#N)cc4C)n[nH]n3c2c1. The molecule has 0 aliphatic carbocycles. The molecule has 9 nitrogen and oxygen atoms in total. The maximum atomic E-state index is 13.2. The molecule has 1 N–H and O–H groups in total. The molecule has 4 rings (SSSR count). The lowest BCUT2D eigenvalue weighted by molar-refractivity contribution is 0.415. The summed E-state index contributed by atoms with van der Waals surface area (Å²) in [5, 5.41) is 15.4. The summed E-state index contributed by atoms with van der Waals surface area (Å²) < 4.78 is 32.8. The molecule has 0 unspecified atom stereocenters. The zero-order chi connectivity index (χ0) is 20.1. The van der Waals surface area contributed by atoms with Crippen LogP contribution in [0.15, 0.2) is 51.1 Å². The van der Waals surface area contributed by atoms with Crippen molar-refractivity contribution in [3.05, 3.63) is 57.9 Å². The van der Waals surface area contributed by atoms with Gasteiger partial charge in [0, 0.05) is 6.07 Å². The summed E-state index contributed by atoms with van der Waals surface area (Å²) in [4.78, 5) is 16.3. The fraction of sp³-hybridized carbons (Fsp3) is 0.111. The van der Waals surface area contributed by atoms with Crippen molar-refractivity contribution in [3.63, 3.8) is 0 Å². The molecule has 10 heteroatoms. The Morgan fingerprint density at radius 3 is 2.68 bits per heavy atom. The number of nitrogens with zero attached hydrogens (tertiary/aromatic N) is 4. The highest BCUT2D eigenvalue weighted by molar-refractivity contribution is 7.91. The van der Waals surface area contributed by atoms with Gasteiger partial charge in [-0.3, -0.25) is 4.79 Å². The molecule has 0 radical (unpaired) electrons. The van der Waals surface area contributed by atoms with E-state index in [4.69, 9.17) is 10.00 Å². The number of methoxy groups -OCH3 is 1. The van der Waals surface area contributed by atoms with Gasteiger partial charge in [0.05, 0.1) is 34.5 Å². The summed E-state index contributed by atoms with van der Waals surface area (Å²) in [6.07, 6.45) is 0.